The van der Waals surface area contributed by atoms with E-state index in [1.165, 1.54) is 12.1 Å². The molecule has 0 spiro atoms. The number of carbonyl (C=O) groups is 1. The largest absolute Gasteiger partial charge is 0.299 e. The first-order chi connectivity index (χ1) is 9.77. The molecule has 1 aromatic carbocycles. The molecule has 0 N–H and O–H groups in total. The lowest BCUT2D eigenvalue weighted by atomic mass is 9.69. The van der Waals surface area contributed by atoms with Crippen LogP contribution in [-0.2, 0) is 11.2 Å². The third-order valence-electron chi connectivity index (χ3n) is 4.79. The maximum absolute atomic E-state index is 13.1. The Morgan fingerprint density at radius 2 is 1.86 bits per heavy atom. The zero-order valence-electron chi connectivity index (χ0n) is 13.1. The second kappa shape index (κ2) is 6.60. The van der Waals surface area contributed by atoms with Crippen LogP contribution in [-0.4, -0.2) is 5.78 Å². The fourth-order valence-electron chi connectivity index (χ4n) is 3.28. The Balaban J connectivity index is 1.93. The molecule has 116 valence electrons. The Bertz CT molecular complexity index is 510. The lowest BCUT2D eigenvalue weighted by Crippen LogP contribution is -2.29. The zero-order chi connectivity index (χ0) is 15.6. The van der Waals surface area contributed by atoms with Gasteiger partial charge in [0.2, 0.25) is 0 Å². The van der Waals surface area contributed by atoms with Gasteiger partial charge in [-0.3, -0.25) is 4.79 Å². The van der Waals surface area contributed by atoms with Crippen molar-refractivity contribution in [1.82, 2.24) is 0 Å². The predicted molar refractivity (Wildman–Crippen MR) is 87.7 cm³/mol. The molecule has 0 unspecified atom stereocenters. The smallest absolute Gasteiger partial charge is 0.140 e. The standard InChI is InChI=1S/C18H24BrFO/c1-18(2,3)14-7-4-12(5-8-14)17(21)10-13-6-9-15(20)11-16(13)19/h6,9,11-12,14H,4-5,7-8,10H2,1-3H3. The highest BCUT2D eigenvalue weighted by Gasteiger charge is 2.32. The Labute approximate surface area is 135 Å². The van der Waals surface area contributed by atoms with Crippen LogP contribution >= 0.6 is 15.9 Å². The second-order valence-electron chi connectivity index (χ2n) is 7.29. The number of benzene rings is 1. The van der Waals surface area contributed by atoms with Crippen LogP contribution in [0.2, 0.25) is 0 Å². The SMILES string of the molecule is CC(C)(C)C1CCC(C(=O)Cc2ccc(F)cc2Br)CC1. The van der Waals surface area contributed by atoms with Crippen molar-refractivity contribution in [3.8, 4) is 0 Å². The molecule has 0 aromatic heterocycles. The number of rotatable bonds is 3. The van der Waals surface area contributed by atoms with Gasteiger partial charge in [-0.1, -0.05) is 42.8 Å². The minimum absolute atomic E-state index is 0.181. The van der Waals surface area contributed by atoms with Crippen LogP contribution in [0.5, 0.6) is 0 Å². The summed E-state index contributed by atoms with van der Waals surface area (Å²) in [6, 6.07) is 4.56. The van der Waals surface area contributed by atoms with E-state index in [4.69, 9.17) is 0 Å². The molecule has 0 radical (unpaired) electrons. The van der Waals surface area contributed by atoms with Gasteiger partial charge in [0.1, 0.15) is 11.6 Å². The van der Waals surface area contributed by atoms with Crippen molar-refractivity contribution in [1.29, 1.82) is 0 Å². The minimum Gasteiger partial charge on any atom is -0.299 e. The first kappa shape index (κ1) is 16.7. The fraction of sp³-hybridized carbons (Fsp3) is 0.611. The number of halogens is 2. The average Bonchev–Trinajstić information content (AvgIpc) is 2.41. The molecule has 1 aliphatic rings. The molecule has 1 nitrogen and oxygen atoms in total. The Morgan fingerprint density at radius 1 is 1.24 bits per heavy atom. The van der Waals surface area contributed by atoms with E-state index in [0.717, 1.165) is 37.2 Å². The molecule has 1 aromatic rings. The van der Waals surface area contributed by atoms with Gasteiger partial charge in [-0.15, -0.1) is 0 Å². The highest BCUT2D eigenvalue weighted by atomic mass is 79.9. The highest BCUT2D eigenvalue weighted by Crippen LogP contribution is 2.40. The monoisotopic (exact) mass is 354 g/mol. The van der Waals surface area contributed by atoms with E-state index in [9.17, 15) is 9.18 Å². The normalized spacial score (nSPS) is 23.1. The molecule has 1 fully saturated rings. The van der Waals surface area contributed by atoms with Crippen LogP contribution in [0.15, 0.2) is 22.7 Å². The van der Waals surface area contributed by atoms with Crippen LogP contribution in [0.25, 0.3) is 0 Å². The van der Waals surface area contributed by atoms with Gasteiger partial charge in [-0.05, 0) is 54.7 Å². The van der Waals surface area contributed by atoms with Crippen molar-refractivity contribution >= 4 is 21.7 Å². The van der Waals surface area contributed by atoms with Gasteiger partial charge in [0.05, 0.1) is 0 Å². The zero-order valence-corrected chi connectivity index (χ0v) is 14.7. The minimum atomic E-state index is -0.274. The summed E-state index contributed by atoms with van der Waals surface area (Å²) in [5, 5.41) is 0. The maximum Gasteiger partial charge on any atom is 0.140 e. The number of ketones is 1. The van der Waals surface area contributed by atoms with Crippen molar-refractivity contribution in [2.75, 3.05) is 0 Å². The van der Waals surface area contributed by atoms with E-state index in [-0.39, 0.29) is 11.7 Å². The first-order valence-electron chi connectivity index (χ1n) is 7.74. The van der Waals surface area contributed by atoms with Gasteiger partial charge in [0.15, 0.2) is 0 Å². The van der Waals surface area contributed by atoms with Crippen LogP contribution in [0.1, 0.15) is 52.0 Å². The lowest BCUT2D eigenvalue weighted by molar-refractivity contribution is -0.123. The fourth-order valence-corrected chi connectivity index (χ4v) is 3.77. The second-order valence-corrected chi connectivity index (χ2v) is 8.15. The summed E-state index contributed by atoms with van der Waals surface area (Å²) in [5.41, 5.74) is 1.23. The molecule has 0 atom stereocenters. The third kappa shape index (κ3) is 4.38. The van der Waals surface area contributed by atoms with Gasteiger partial charge in [0, 0.05) is 16.8 Å². The molecular weight excluding hydrogens is 331 g/mol. The molecule has 1 saturated carbocycles. The number of hydrogen-bond donors (Lipinski definition) is 0. The molecule has 0 bridgehead atoms. The van der Waals surface area contributed by atoms with E-state index in [0.29, 0.717) is 22.1 Å². The van der Waals surface area contributed by atoms with E-state index >= 15 is 0 Å². The molecule has 21 heavy (non-hydrogen) atoms. The molecule has 0 aliphatic heterocycles. The first-order valence-corrected chi connectivity index (χ1v) is 8.53. The molecular formula is C18H24BrFO. The van der Waals surface area contributed by atoms with Crippen LogP contribution in [0.3, 0.4) is 0 Å². The summed E-state index contributed by atoms with van der Waals surface area (Å²) >= 11 is 3.34. The number of Topliss-reactive ketones (excluding diaryl/α,β-unsaturated/α-hetero) is 1. The summed E-state index contributed by atoms with van der Waals surface area (Å²) in [4.78, 5) is 12.4. The lowest BCUT2D eigenvalue weighted by Gasteiger charge is -2.36. The highest BCUT2D eigenvalue weighted by molar-refractivity contribution is 9.10. The summed E-state index contributed by atoms with van der Waals surface area (Å²) in [6.07, 6.45) is 4.69. The molecule has 0 heterocycles. The van der Waals surface area contributed by atoms with Gasteiger partial charge in [0.25, 0.3) is 0 Å². The molecule has 1 aliphatic carbocycles. The predicted octanol–water partition coefficient (Wildman–Crippen LogP) is 5.55. The van der Waals surface area contributed by atoms with Crippen LogP contribution in [0.4, 0.5) is 4.39 Å². The summed E-state index contributed by atoms with van der Waals surface area (Å²) in [5.74, 6) is 0.929. The van der Waals surface area contributed by atoms with Gasteiger partial charge in [-0.25, -0.2) is 4.39 Å². The molecule has 3 heteroatoms. The Hall–Kier alpha value is -0.700. The number of hydrogen-bond acceptors (Lipinski definition) is 1. The van der Waals surface area contributed by atoms with E-state index < -0.39 is 0 Å². The summed E-state index contributed by atoms with van der Waals surface area (Å²) in [6.45, 7) is 6.86. The van der Waals surface area contributed by atoms with Gasteiger partial charge >= 0.3 is 0 Å². The molecule has 0 amide bonds. The van der Waals surface area contributed by atoms with Crippen LogP contribution < -0.4 is 0 Å². The van der Waals surface area contributed by atoms with Crippen molar-refractivity contribution in [3.63, 3.8) is 0 Å². The van der Waals surface area contributed by atoms with E-state index in [1.54, 1.807) is 6.07 Å². The Morgan fingerprint density at radius 3 is 2.38 bits per heavy atom. The summed E-state index contributed by atoms with van der Waals surface area (Å²) < 4.78 is 13.8. The maximum atomic E-state index is 13.1. The topological polar surface area (TPSA) is 17.1 Å². The van der Waals surface area contributed by atoms with E-state index in [2.05, 4.69) is 36.7 Å². The molecule has 2 rings (SSSR count). The van der Waals surface area contributed by atoms with Crippen molar-refractivity contribution in [2.45, 2.75) is 52.9 Å². The van der Waals surface area contributed by atoms with Gasteiger partial charge < -0.3 is 0 Å². The van der Waals surface area contributed by atoms with Crippen LogP contribution in [0, 0.1) is 23.1 Å². The van der Waals surface area contributed by atoms with E-state index in [1.807, 2.05) is 0 Å². The van der Waals surface area contributed by atoms with Crippen molar-refractivity contribution in [3.05, 3.63) is 34.1 Å². The number of carbonyl (C=O) groups excluding carboxylic acids is 1. The third-order valence-corrected chi connectivity index (χ3v) is 5.53. The summed E-state index contributed by atoms with van der Waals surface area (Å²) in [7, 11) is 0. The van der Waals surface area contributed by atoms with Crippen molar-refractivity contribution < 1.29 is 9.18 Å². The Kier molecular flexibility index (Phi) is 5.24. The van der Waals surface area contributed by atoms with Crippen molar-refractivity contribution in [2.24, 2.45) is 17.3 Å². The van der Waals surface area contributed by atoms with Gasteiger partial charge in [-0.2, -0.15) is 0 Å². The quantitative estimate of drug-likeness (QED) is 0.695. The average molecular weight is 355 g/mol. The molecule has 0 saturated heterocycles.